The van der Waals surface area contributed by atoms with Gasteiger partial charge in [-0.25, -0.2) is 0 Å². The second kappa shape index (κ2) is 3.75. The van der Waals surface area contributed by atoms with Crippen molar-refractivity contribution < 1.29 is 0 Å². The molecular formula is C10H22N2. The molecule has 1 aliphatic carbocycles. The van der Waals surface area contributed by atoms with Crippen molar-refractivity contribution in [2.75, 3.05) is 6.54 Å². The van der Waals surface area contributed by atoms with Crippen molar-refractivity contribution in [2.45, 2.75) is 51.6 Å². The summed E-state index contributed by atoms with van der Waals surface area (Å²) in [5, 5.41) is 3.55. The zero-order valence-corrected chi connectivity index (χ0v) is 8.56. The van der Waals surface area contributed by atoms with E-state index in [1.54, 1.807) is 0 Å². The zero-order chi connectivity index (χ0) is 9.19. The zero-order valence-electron chi connectivity index (χ0n) is 8.56. The fourth-order valence-electron chi connectivity index (χ4n) is 1.84. The molecule has 0 heterocycles. The number of hydrogen-bond acceptors (Lipinski definition) is 2. The minimum atomic E-state index is -0.0672. The molecule has 0 amide bonds. The largest absolute Gasteiger partial charge is 0.324 e. The van der Waals surface area contributed by atoms with Gasteiger partial charge in [0.15, 0.2) is 0 Å². The lowest BCUT2D eigenvalue weighted by Gasteiger charge is -2.24. The summed E-state index contributed by atoms with van der Waals surface area (Å²) in [4.78, 5) is 0. The van der Waals surface area contributed by atoms with Crippen molar-refractivity contribution in [2.24, 2.45) is 11.7 Å². The molecule has 12 heavy (non-hydrogen) atoms. The Balaban J connectivity index is 2.23. The monoisotopic (exact) mass is 170 g/mol. The molecule has 2 heteroatoms. The maximum atomic E-state index is 5.90. The smallest absolute Gasteiger partial charge is 0.0223 e. The van der Waals surface area contributed by atoms with E-state index in [1.807, 2.05) is 0 Å². The molecule has 0 aromatic heterocycles. The molecule has 0 bridgehead atoms. The molecule has 0 aromatic rings. The third-order valence-corrected chi connectivity index (χ3v) is 2.68. The van der Waals surface area contributed by atoms with E-state index in [-0.39, 0.29) is 5.54 Å². The van der Waals surface area contributed by atoms with E-state index in [4.69, 9.17) is 5.73 Å². The predicted octanol–water partition coefficient (Wildman–Crippen LogP) is 1.50. The van der Waals surface area contributed by atoms with Gasteiger partial charge in [0.05, 0.1) is 0 Å². The summed E-state index contributed by atoms with van der Waals surface area (Å²) in [5.41, 5.74) is 5.83. The van der Waals surface area contributed by atoms with Crippen LogP contribution in [0.15, 0.2) is 0 Å². The molecule has 0 spiro atoms. The van der Waals surface area contributed by atoms with E-state index in [0.717, 1.165) is 12.5 Å². The van der Waals surface area contributed by atoms with Crippen LogP contribution in [-0.4, -0.2) is 18.1 Å². The third kappa shape index (κ3) is 3.11. The van der Waals surface area contributed by atoms with Gasteiger partial charge < -0.3 is 11.1 Å². The van der Waals surface area contributed by atoms with Gasteiger partial charge >= 0.3 is 0 Å². The van der Waals surface area contributed by atoms with Gasteiger partial charge in [0.25, 0.3) is 0 Å². The maximum Gasteiger partial charge on any atom is 0.0223 e. The lowest BCUT2D eigenvalue weighted by atomic mass is 10.0. The molecule has 3 N–H and O–H groups in total. The Labute approximate surface area is 75.9 Å². The molecule has 1 rings (SSSR count). The van der Waals surface area contributed by atoms with Crippen LogP contribution < -0.4 is 11.1 Å². The molecule has 2 nitrogen and oxygen atoms in total. The third-order valence-electron chi connectivity index (χ3n) is 2.68. The van der Waals surface area contributed by atoms with Gasteiger partial charge in [-0.3, -0.25) is 0 Å². The Kier molecular flexibility index (Phi) is 3.13. The van der Waals surface area contributed by atoms with Gasteiger partial charge in [0.1, 0.15) is 0 Å². The van der Waals surface area contributed by atoms with Gasteiger partial charge in [-0.2, -0.15) is 0 Å². The van der Waals surface area contributed by atoms with Gasteiger partial charge in [-0.15, -0.1) is 0 Å². The van der Waals surface area contributed by atoms with Crippen LogP contribution >= 0.6 is 0 Å². The number of hydrogen-bond donors (Lipinski definition) is 2. The normalized spacial score (nSPS) is 31.0. The Hall–Kier alpha value is -0.0800. The summed E-state index contributed by atoms with van der Waals surface area (Å²) in [5.74, 6) is 0.840. The van der Waals surface area contributed by atoms with Crippen LogP contribution in [0.25, 0.3) is 0 Å². The summed E-state index contributed by atoms with van der Waals surface area (Å²) in [6.45, 7) is 7.40. The fourth-order valence-corrected chi connectivity index (χ4v) is 1.84. The highest BCUT2D eigenvalue weighted by molar-refractivity contribution is 4.84. The fraction of sp³-hybridized carbons (Fsp3) is 1.00. The quantitative estimate of drug-likeness (QED) is 0.673. The Morgan fingerprint density at radius 3 is 2.50 bits per heavy atom. The van der Waals surface area contributed by atoms with E-state index in [2.05, 4.69) is 26.1 Å². The van der Waals surface area contributed by atoms with Crippen molar-refractivity contribution in [3.63, 3.8) is 0 Å². The molecule has 2 unspecified atom stereocenters. The summed E-state index contributed by atoms with van der Waals surface area (Å²) < 4.78 is 0. The van der Waals surface area contributed by atoms with Crippen LogP contribution in [0.4, 0.5) is 0 Å². The lowest BCUT2D eigenvalue weighted by Crippen LogP contribution is -2.47. The highest BCUT2D eigenvalue weighted by Gasteiger charge is 2.24. The van der Waals surface area contributed by atoms with E-state index < -0.39 is 0 Å². The average molecular weight is 170 g/mol. The summed E-state index contributed by atoms with van der Waals surface area (Å²) in [6.07, 6.45) is 4.09. The first-order valence-electron chi connectivity index (χ1n) is 5.01. The Morgan fingerprint density at radius 1 is 1.42 bits per heavy atom. The summed E-state index contributed by atoms with van der Waals surface area (Å²) >= 11 is 0. The van der Waals surface area contributed by atoms with Crippen molar-refractivity contribution in [1.29, 1.82) is 0 Å². The topological polar surface area (TPSA) is 38.0 Å². The molecule has 0 aromatic carbocycles. The van der Waals surface area contributed by atoms with Crippen LogP contribution in [0.1, 0.15) is 40.0 Å². The standard InChI is InChI=1S/C10H22N2/c1-8-5-4-6-9(8)12-7-10(2,3)11/h8-9,12H,4-7,11H2,1-3H3. The van der Waals surface area contributed by atoms with E-state index in [9.17, 15) is 0 Å². The molecule has 1 saturated carbocycles. The van der Waals surface area contributed by atoms with Gasteiger partial charge in [0.2, 0.25) is 0 Å². The average Bonchev–Trinajstić information content (AvgIpc) is 2.29. The molecule has 0 saturated heterocycles. The Bertz CT molecular complexity index is 137. The minimum absolute atomic E-state index is 0.0672. The number of nitrogens with one attached hydrogen (secondary N) is 1. The number of rotatable bonds is 3. The first-order valence-corrected chi connectivity index (χ1v) is 5.01. The molecule has 0 radical (unpaired) electrons. The van der Waals surface area contributed by atoms with Crippen LogP contribution in [0.2, 0.25) is 0 Å². The second-order valence-corrected chi connectivity index (χ2v) is 4.88. The first kappa shape index (κ1) is 10.0. The molecule has 2 atom stereocenters. The first-order chi connectivity index (χ1) is 5.49. The van der Waals surface area contributed by atoms with Crippen LogP contribution in [0, 0.1) is 5.92 Å². The highest BCUT2D eigenvalue weighted by atomic mass is 15.0. The second-order valence-electron chi connectivity index (χ2n) is 4.88. The SMILES string of the molecule is CC1CCCC1NCC(C)(C)N. The summed E-state index contributed by atoms with van der Waals surface area (Å²) in [7, 11) is 0. The van der Waals surface area contributed by atoms with Gasteiger partial charge in [-0.1, -0.05) is 13.3 Å². The van der Waals surface area contributed by atoms with Crippen molar-refractivity contribution in [3.8, 4) is 0 Å². The molecular weight excluding hydrogens is 148 g/mol. The lowest BCUT2D eigenvalue weighted by molar-refractivity contribution is 0.374. The number of nitrogens with two attached hydrogens (primary N) is 1. The molecule has 72 valence electrons. The maximum absolute atomic E-state index is 5.90. The Morgan fingerprint density at radius 2 is 2.08 bits per heavy atom. The minimum Gasteiger partial charge on any atom is -0.324 e. The van der Waals surface area contributed by atoms with Gasteiger partial charge in [-0.05, 0) is 32.6 Å². The molecule has 1 fully saturated rings. The summed E-state index contributed by atoms with van der Waals surface area (Å²) in [6, 6.07) is 0.716. The van der Waals surface area contributed by atoms with E-state index >= 15 is 0 Å². The van der Waals surface area contributed by atoms with Crippen LogP contribution in [-0.2, 0) is 0 Å². The molecule has 1 aliphatic rings. The van der Waals surface area contributed by atoms with Crippen molar-refractivity contribution in [3.05, 3.63) is 0 Å². The van der Waals surface area contributed by atoms with E-state index in [0.29, 0.717) is 6.04 Å². The van der Waals surface area contributed by atoms with Crippen molar-refractivity contribution >= 4 is 0 Å². The predicted molar refractivity (Wildman–Crippen MR) is 53.1 cm³/mol. The molecule has 0 aliphatic heterocycles. The highest BCUT2D eigenvalue weighted by Crippen LogP contribution is 2.24. The van der Waals surface area contributed by atoms with E-state index in [1.165, 1.54) is 19.3 Å². The van der Waals surface area contributed by atoms with Crippen molar-refractivity contribution in [1.82, 2.24) is 5.32 Å². The van der Waals surface area contributed by atoms with Crippen LogP contribution in [0.3, 0.4) is 0 Å². The van der Waals surface area contributed by atoms with Gasteiger partial charge in [0, 0.05) is 18.1 Å². The van der Waals surface area contributed by atoms with Crippen LogP contribution in [0.5, 0.6) is 0 Å².